The van der Waals surface area contributed by atoms with Crippen molar-refractivity contribution in [2.24, 2.45) is 0 Å². The highest BCUT2D eigenvalue weighted by Gasteiger charge is 2.52. The summed E-state index contributed by atoms with van der Waals surface area (Å²) in [6.07, 6.45) is 1.60. The molecular weight excluding hydrogens is 399 g/mol. The van der Waals surface area contributed by atoms with Crippen LogP contribution < -0.4 is 5.46 Å². The van der Waals surface area contributed by atoms with E-state index in [-0.39, 0.29) is 12.3 Å². The lowest BCUT2D eigenvalue weighted by atomic mass is 9.78. The summed E-state index contributed by atoms with van der Waals surface area (Å²) in [7, 11) is -4.38. The minimum Gasteiger partial charge on any atom is -0.399 e. The Hall–Kier alpha value is -2.16. The molecule has 4 rings (SSSR count). The average molecular weight is 428 g/mol. The minimum absolute atomic E-state index is 0. The number of hydrogen-bond acceptors (Lipinski definition) is 5. The number of aromatic nitrogens is 2. The van der Waals surface area contributed by atoms with E-state index in [9.17, 15) is 8.42 Å². The Morgan fingerprint density at radius 2 is 1.53 bits per heavy atom. The molecule has 160 valence electrons. The maximum atomic E-state index is 13.3. The van der Waals surface area contributed by atoms with Gasteiger partial charge in [-0.15, -0.1) is 0 Å². The summed E-state index contributed by atoms with van der Waals surface area (Å²) in [5.74, 6) is 0. The number of hydrogen-bond donors (Lipinski definition) is 0. The third-order valence-electron chi connectivity index (χ3n) is 5.94. The Bertz CT molecular complexity index is 1180. The Kier molecular flexibility index (Phi) is 5.42. The van der Waals surface area contributed by atoms with Gasteiger partial charge in [-0.2, -0.15) is 0 Å². The van der Waals surface area contributed by atoms with Crippen molar-refractivity contribution in [3.8, 4) is 0 Å². The van der Waals surface area contributed by atoms with Crippen molar-refractivity contribution in [3.05, 3.63) is 53.9 Å². The maximum absolute atomic E-state index is 13.3. The summed E-state index contributed by atoms with van der Waals surface area (Å²) < 4.78 is 40.3. The summed E-state index contributed by atoms with van der Waals surface area (Å²) in [4.78, 5) is 4.62. The van der Waals surface area contributed by atoms with Gasteiger partial charge in [-0.25, -0.2) is 17.4 Å². The maximum Gasteiger partial charge on any atom is 0.495 e. The molecule has 0 amide bonds. The number of fused-ring (bicyclic) bond motifs is 1. The van der Waals surface area contributed by atoms with Gasteiger partial charge in [-0.05, 0) is 71.3 Å². The Balaban J connectivity index is 0.00000256. The molecular formula is C22H29BN2O4S. The fourth-order valence-electron chi connectivity index (χ4n) is 3.52. The van der Waals surface area contributed by atoms with Crippen LogP contribution in [0.3, 0.4) is 0 Å². The molecule has 0 spiro atoms. The molecule has 8 heteroatoms. The van der Waals surface area contributed by atoms with Crippen LogP contribution in [0, 0.1) is 13.8 Å². The Morgan fingerprint density at radius 1 is 0.967 bits per heavy atom. The monoisotopic (exact) mass is 428 g/mol. The highest BCUT2D eigenvalue weighted by Crippen LogP contribution is 2.37. The van der Waals surface area contributed by atoms with Crippen LogP contribution in [0.25, 0.3) is 11.0 Å². The van der Waals surface area contributed by atoms with Crippen LogP contribution >= 0.6 is 0 Å². The first-order valence-corrected chi connectivity index (χ1v) is 11.0. The number of nitrogens with zero attached hydrogens (tertiary/aromatic N) is 2. The molecule has 0 N–H and O–H groups in total. The molecule has 1 aliphatic heterocycles. The first-order chi connectivity index (χ1) is 13.4. The van der Waals surface area contributed by atoms with Gasteiger partial charge in [0.25, 0.3) is 10.0 Å². The molecule has 1 aromatic carbocycles. The lowest BCUT2D eigenvalue weighted by molar-refractivity contribution is 0.00578. The van der Waals surface area contributed by atoms with Gasteiger partial charge in [0.05, 0.1) is 16.1 Å². The summed E-state index contributed by atoms with van der Waals surface area (Å²) in [5, 5.41) is 0.708. The van der Waals surface area contributed by atoms with Gasteiger partial charge in [0, 0.05) is 17.3 Å². The molecule has 0 saturated carbocycles. The second-order valence-corrected chi connectivity index (χ2v) is 10.4. The molecule has 1 saturated heterocycles. The quantitative estimate of drug-likeness (QED) is 0.593. The van der Waals surface area contributed by atoms with Crippen LogP contribution in [0.2, 0.25) is 0 Å². The highest BCUT2D eigenvalue weighted by molar-refractivity contribution is 7.90. The van der Waals surface area contributed by atoms with E-state index in [0.717, 1.165) is 11.0 Å². The molecule has 0 aliphatic carbocycles. The van der Waals surface area contributed by atoms with Crippen molar-refractivity contribution >= 4 is 33.6 Å². The zero-order valence-electron chi connectivity index (χ0n) is 17.6. The van der Waals surface area contributed by atoms with Gasteiger partial charge in [-0.1, -0.05) is 25.1 Å². The van der Waals surface area contributed by atoms with Gasteiger partial charge < -0.3 is 9.31 Å². The third kappa shape index (κ3) is 3.37. The van der Waals surface area contributed by atoms with E-state index < -0.39 is 28.3 Å². The highest BCUT2D eigenvalue weighted by atomic mass is 32.2. The van der Waals surface area contributed by atoms with E-state index in [1.807, 2.05) is 46.8 Å². The zero-order chi connectivity index (χ0) is 21.2. The van der Waals surface area contributed by atoms with Crippen LogP contribution in [0.5, 0.6) is 0 Å². The van der Waals surface area contributed by atoms with E-state index in [0.29, 0.717) is 16.7 Å². The molecule has 30 heavy (non-hydrogen) atoms. The standard InChI is InChI=1S/C21H25BN2O4S.CH4/c1-14-7-9-16(10-8-14)29(25,26)24-15(2)13-17-18(11-12-23-19(17)24)22-27-20(3,4)21(5,6)28-22;/h7-13H,1-6H3;1H4. The third-order valence-corrected chi connectivity index (χ3v) is 7.74. The van der Waals surface area contributed by atoms with Crippen LogP contribution in [0.15, 0.2) is 47.5 Å². The molecule has 0 atom stereocenters. The molecule has 0 radical (unpaired) electrons. The molecule has 0 unspecified atom stereocenters. The van der Waals surface area contributed by atoms with Crippen molar-refractivity contribution in [2.45, 2.75) is 65.1 Å². The van der Waals surface area contributed by atoms with Crippen molar-refractivity contribution in [1.82, 2.24) is 8.96 Å². The molecule has 1 aliphatic rings. The van der Waals surface area contributed by atoms with Crippen LogP contribution in [0.4, 0.5) is 0 Å². The normalized spacial score (nSPS) is 17.9. The Labute approximate surface area is 179 Å². The predicted octanol–water partition coefficient (Wildman–Crippen LogP) is 3.83. The SMILES string of the molecule is C.Cc1ccc(S(=O)(=O)n2c(C)cc3c(B4OC(C)(C)C(C)(C)O4)ccnc32)cc1. The summed E-state index contributed by atoms with van der Waals surface area (Å²) in [6, 6.07) is 10.5. The molecule has 3 heterocycles. The van der Waals surface area contributed by atoms with Crippen molar-refractivity contribution in [1.29, 1.82) is 0 Å². The van der Waals surface area contributed by atoms with Gasteiger partial charge in [0.1, 0.15) is 0 Å². The molecule has 0 bridgehead atoms. The fraction of sp³-hybridized carbons (Fsp3) is 0.409. The number of benzene rings is 1. The molecule has 1 fully saturated rings. The van der Waals surface area contributed by atoms with Gasteiger partial charge in [-0.3, -0.25) is 0 Å². The number of pyridine rings is 1. The average Bonchev–Trinajstić information content (AvgIpc) is 3.07. The van der Waals surface area contributed by atoms with E-state index in [1.165, 1.54) is 3.97 Å². The predicted molar refractivity (Wildman–Crippen MR) is 121 cm³/mol. The molecule has 6 nitrogen and oxygen atoms in total. The van der Waals surface area contributed by atoms with Crippen LogP contribution in [-0.4, -0.2) is 35.7 Å². The van der Waals surface area contributed by atoms with E-state index in [2.05, 4.69) is 4.98 Å². The topological polar surface area (TPSA) is 70.4 Å². The second-order valence-electron chi connectivity index (χ2n) is 8.59. The molecule has 2 aromatic heterocycles. The number of aryl methyl sites for hydroxylation is 2. The van der Waals surface area contributed by atoms with Gasteiger partial charge in [0.2, 0.25) is 0 Å². The first kappa shape index (κ1) is 22.5. The van der Waals surface area contributed by atoms with Gasteiger partial charge >= 0.3 is 7.12 Å². The zero-order valence-corrected chi connectivity index (χ0v) is 18.4. The number of rotatable bonds is 3. The van der Waals surface area contributed by atoms with Gasteiger partial charge in [0.15, 0.2) is 5.65 Å². The van der Waals surface area contributed by atoms with Crippen molar-refractivity contribution < 1.29 is 17.7 Å². The summed E-state index contributed by atoms with van der Waals surface area (Å²) >= 11 is 0. The Morgan fingerprint density at radius 3 is 2.10 bits per heavy atom. The van der Waals surface area contributed by atoms with Crippen molar-refractivity contribution in [2.75, 3.05) is 0 Å². The lowest BCUT2D eigenvalue weighted by Gasteiger charge is -2.32. The van der Waals surface area contributed by atoms with Crippen LogP contribution in [-0.2, 0) is 19.3 Å². The molecule has 3 aromatic rings. The first-order valence-electron chi connectivity index (χ1n) is 9.59. The smallest absolute Gasteiger partial charge is 0.399 e. The second kappa shape index (κ2) is 7.22. The van der Waals surface area contributed by atoms with E-state index >= 15 is 0 Å². The van der Waals surface area contributed by atoms with Crippen molar-refractivity contribution in [3.63, 3.8) is 0 Å². The minimum atomic E-state index is -3.78. The lowest BCUT2D eigenvalue weighted by Crippen LogP contribution is -2.41. The fourth-order valence-corrected chi connectivity index (χ4v) is 5.01. The van der Waals surface area contributed by atoms with E-state index in [1.54, 1.807) is 37.4 Å². The van der Waals surface area contributed by atoms with Crippen LogP contribution in [0.1, 0.15) is 46.4 Å². The largest absolute Gasteiger partial charge is 0.495 e. The summed E-state index contributed by atoms with van der Waals surface area (Å²) in [5.41, 5.74) is 1.75. The summed E-state index contributed by atoms with van der Waals surface area (Å²) in [6.45, 7) is 11.6. The van der Waals surface area contributed by atoms with E-state index in [4.69, 9.17) is 9.31 Å².